The summed E-state index contributed by atoms with van der Waals surface area (Å²) >= 11 is 0. The van der Waals surface area contributed by atoms with Gasteiger partial charge in [0.25, 0.3) is 5.91 Å². The van der Waals surface area contributed by atoms with Crippen molar-refractivity contribution in [2.75, 3.05) is 5.32 Å². The van der Waals surface area contributed by atoms with Crippen LogP contribution in [0.1, 0.15) is 44.6 Å². The first-order valence-corrected chi connectivity index (χ1v) is 9.97. The first-order valence-electron chi connectivity index (χ1n) is 9.97. The van der Waals surface area contributed by atoms with Crippen molar-refractivity contribution in [3.05, 3.63) is 29.8 Å². The van der Waals surface area contributed by atoms with Crippen LogP contribution in [0, 0.1) is 29.6 Å². The summed E-state index contributed by atoms with van der Waals surface area (Å²) in [4.78, 5) is 36.8. The number of carbonyl (C=O) groups is 3. The summed E-state index contributed by atoms with van der Waals surface area (Å²) in [6, 6.07) is 6.74. The molecule has 1 aromatic rings. The van der Waals surface area contributed by atoms with Crippen LogP contribution >= 0.6 is 0 Å². The summed E-state index contributed by atoms with van der Waals surface area (Å²) in [6.07, 6.45) is 6.19. The van der Waals surface area contributed by atoms with Gasteiger partial charge in [-0.05, 0) is 80.4 Å². The molecule has 1 heterocycles. The van der Waals surface area contributed by atoms with E-state index in [0.717, 1.165) is 11.8 Å². The molecule has 27 heavy (non-hydrogen) atoms. The third kappa shape index (κ3) is 2.65. The maximum absolute atomic E-state index is 13.1. The fraction of sp³-hybridized carbons (Fsp3) is 0.571. The van der Waals surface area contributed by atoms with E-state index in [1.165, 1.54) is 32.1 Å². The zero-order chi connectivity index (χ0) is 18.8. The number of amides is 4. The molecule has 1 aromatic carbocycles. The van der Waals surface area contributed by atoms with E-state index in [-0.39, 0.29) is 17.7 Å². The SMILES string of the molecule is C[C@]1(c2cccc(NC(=O)C3C4CC5CC(C4)CC3C5)c2)NC(=O)NC1=O. The van der Waals surface area contributed by atoms with Gasteiger partial charge < -0.3 is 10.6 Å². The van der Waals surface area contributed by atoms with E-state index in [9.17, 15) is 14.4 Å². The molecule has 5 fully saturated rings. The van der Waals surface area contributed by atoms with Crippen molar-refractivity contribution in [1.82, 2.24) is 10.6 Å². The second kappa shape index (κ2) is 5.81. The summed E-state index contributed by atoms with van der Waals surface area (Å²) < 4.78 is 0. The number of rotatable bonds is 3. The van der Waals surface area contributed by atoms with Crippen molar-refractivity contribution in [2.24, 2.45) is 29.6 Å². The van der Waals surface area contributed by atoms with Crippen LogP contribution in [0.15, 0.2) is 24.3 Å². The Morgan fingerprint density at radius 3 is 2.33 bits per heavy atom. The highest BCUT2D eigenvalue weighted by molar-refractivity contribution is 6.07. The maximum atomic E-state index is 13.1. The van der Waals surface area contributed by atoms with Crippen LogP contribution in [-0.2, 0) is 15.1 Å². The molecular formula is C21H25N3O3. The molecular weight excluding hydrogens is 342 g/mol. The van der Waals surface area contributed by atoms with E-state index in [0.29, 0.717) is 23.1 Å². The van der Waals surface area contributed by atoms with Crippen LogP contribution in [0.4, 0.5) is 10.5 Å². The van der Waals surface area contributed by atoms with E-state index in [1.54, 1.807) is 19.1 Å². The third-order valence-corrected chi connectivity index (χ3v) is 7.28. The molecule has 0 unspecified atom stereocenters. The molecule has 4 aliphatic carbocycles. The lowest BCUT2D eigenvalue weighted by molar-refractivity contribution is -0.132. The van der Waals surface area contributed by atoms with Crippen molar-refractivity contribution in [1.29, 1.82) is 0 Å². The van der Waals surface area contributed by atoms with E-state index in [4.69, 9.17) is 0 Å². The highest BCUT2D eigenvalue weighted by atomic mass is 16.2. The Balaban J connectivity index is 1.35. The zero-order valence-electron chi connectivity index (χ0n) is 15.5. The fourth-order valence-corrected chi connectivity index (χ4v) is 6.23. The number of hydrogen-bond donors (Lipinski definition) is 3. The first-order chi connectivity index (χ1) is 12.9. The van der Waals surface area contributed by atoms with E-state index < -0.39 is 11.6 Å². The van der Waals surface area contributed by atoms with Crippen LogP contribution in [0.3, 0.4) is 0 Å². The van der Waals surface area contributed by atoms with Gasteiger partial charge in [-0.1, -0.05) is 12.1 Å². The molecule has 1 saturated heterocycles. The predicted octanol–water partition coefficient (Wildman–Crippen LogP) is 2.75. The van der Waals surface area contributed by atoms with Crippen molar-refractivity contribution in [3.8, 4) is 0 Å². The van der Waals surface area contributed by atoms with Gasteiger partial charge in [-0.2, -0.15) is 0 Å². The monoisotopic (exact) mass is 367 g/mol. The van der Waals surface area contributed by atoms with Gasteiger partial charge in [0.2, 0.25) is 5.91 Å². The van der Waals surface area contributed by atoms with Crippen molar-refractivity contribution in [2.45, 2.75) is 44.6 Å². The number of urea groups is 1. The number of hydrogen-bond acceptors (Lipinski definition) is 3. The lowest BCUT2D eigenvalue weighted by atomic mass is 9.51. The standard InChI is InChI=1S/C21H25N3O3/c1-21(19(26)23-20(27)24-21)15-3-2-4-16(10-15)22-18(25)17-13-6-11-5-12(8-13)9-14(17)7-11/h2-4,10-14,17H,5-9H2,1H3,(H,22,25)(H2,23,24,26,27)/t11?,12?,13?,14?,17?,21-/m1/s1. The van der Waals surface area contributed by atoms with Gasteiger partial charge in [0.1, 0.15) is 5.54 Å². The molecule has 4 bridgehead atoms. The second-order valence-corrected chi connectivity index (χ2v) is 9.06. The molecule has 0 aromatic heterocycles. The summed E-state index contributed by atoms with van der Waals surface area (Å²) in [7, 11) is 0. The second-order valence-electron chi connectivity index (χ2n) is 9.06. The lowest BCUT2D eigenvalue weighted by Gasteiger charge is -2.53. The summed E-state index contributed by atoms with van der Waals surface area (Å²) in [5.74, 6) is 2.59. The van der Waals surface area contributed by atoms with Gasteiger partial charge in [-0.3, -0.25) is 14.9 Å². The number of imide groups is 1. The van der Waals surface area contributed by atoms with Crippen LogP contribution in [0.25, 0.3) is 0 Å². The Morgan fingerprint density at radius 1 is 1.07 bits per heavy atom. The first kappa shape index (κ1) is 16.8. The van der Waals surface area contributed by atoms with Crippen molar-refractivity contribution >= 4 is 23.5 Å². The maximum Gasteiger partial charge on any atom is 0.322 e. The van der Waals surface area contributed by atoms with Crippen molar-refractivity contribution < 1.29 is 14.4 Å². The quantitative estimate of drug-likeness (QED) is 0.718. The smallest absolute Gasteiger partial charge is 0.322 e. The van der Waals surface area contributed by atoms with Gasteiger partial charge in [-0.25, -0.2) is 4.79 Å². The van der Waals surface area contributed by atoms with Crippen LogP contribution in [-0.4, -0.2) is 17.8 Å². The topological polar surface area (TPSA) is 87.3 Å². The minimum atomic E-state index is -1.11. The van der Waals surface area contributed by atoms with Gasteiger partial charge in [0.15, 0.2) is 0 Å². The largest absolute Gasteiger partial charge is 0.326 e. The molecule has 6 nitrogen and oxygen atoms in total. The summed E-state index contributed by atoms with van der Waals surface area (Å²) in [5, 5.41) is 8.04. The Morgan fingerprint density at radius 2 is 1.74 bits per heavy atom. The number of carbonyl (C=O) groups excluding carboxylic acids is 3. The van der Waals surface area contributed by atoms with Gasteiger partial charge in [-0.15, -0.1) is 0 Å². The Hall–Kier alpha value is -2.37. The molecule has 0 spiro atoms. The minimum absolute atomic E-state index is 0.117. The molecule has 5 aliphatic rings. The molecule has 6 rings (SSSR count). The predicted molar refractivity (Wildman–Crippen MR) is 99.6 cm³/mol. The highest BCUT2D eigenvalue weighted by Gasteiger charge is 2.50. The molecule has 0 radical (unpaired) electrons. The number of benzene rings is 1. The minimum Gasteiger partial charge on any atom is -0.326 e. The fourth-order valence-electron chi connectivity index (χ4n) is 6.23. The Kier molecular flexibility index (Phi) is 3.61. The van der Waals surface area contributed by atoms with Gasteiger partial charge in [0.05, 0.1) is 0 Å². The molecule has 3 N–H and O–H groups in total. The van der Waals surface area contributed by atoms with Gasteiger partial charge >= 0.3 is 6.03 Å². The van der Waals surface area contributed by atoms with E-state index in [2.05, 4.69) is 16.0 Å². The van der Waals surface area contributed by atoms with E-state index in [1.807, 2.05) is 12.1 Å². The molecule has 4 amide bonds. The lowest BCUT2D eigenvalue weighted by Crippen LogP contribution is -2.49. The number of anilines is 1. The molecule has 6 heteroatoms. The van der Waals surface area contributed by atoms with Gasteiger partial charge in [0, 0.05) is 11.6 Å². The third-order valence-electron chi connectivity index (χ3n) is 7.28. The van der Waals surface area contributed by atoms with E-state index >= 15 is 0 Å². The highest BCUT2D eigenvalue weighted by Crippen LogP contribution is 2.56. The molecule has 1 aliphatic heterocycles. The normalized spacial score (nSPS) is 39.2. The number of nitrogens with one attached hydrogen (secondary N) is 3. The Bertz CT molecular complexity index is 808. The van der Waals surface area contributed by atoms with Crippen LogP contribution in [0.2, 0.25) is 0 Å². The van der Waals surface area contributed by atoms with Crippen molar-refractivity contribution in [3.63, 3.8) is 0 Å². The average molecular weight is 367 g/mol. The molecule has 1 atom stereocenters. The average Bonchev–Trinajstić information content (AvgIpc) is 2.87. The summed E-state index contributed by atoms with van der Waals surface area (Å²) in [5.41, 5.74) is 0.232. The zero-order valence-corrected chi connectivity index (χ0v) is 15.5. The molecule has 4 saturated carbocycles. The van der Waals surface area contributed by atoms with Crippen LogP contribution in [0.5, 0.6) is 0 Å². The van der Waals surface area contributed by atoms with Crippen LogP contribution < -0.4 is 16.0 Å². The molecule has 142 valence electrons. The summed E-state index contributed by atoms with van der Waals surface area (Å²) in [6.45, 7) is 1.67. The Labute approximate surface area is 158 Å².